The van der Waals surface area contributed by atoms with Crippen LogP contribution in [0.4, 0.5) is 0 Å². The average molecular weight is 223 g/mol. The van der Waals surface area contributed by atoms with E-state index in [9.17, 15) is 0 Å². The molecule has 2 N–H and O–H groups in total. The molecule has 1 rings (SSSR count). The van der Waals surface area contributed by atoms with Crippen LogP contribution in [0.5, 0.6) is 5.75 Å². The molecule has 0 radical (unpaired) electrons. The minimum atomic E-state index is 0.677. The number of hydrogen-bond acceptors (Lipinski definition) is 4. The molecule has 0 unspecified atom stereocenters. The molecule has 4 nitrogen and oxygen atoms in total. The highest BCUT2D eigenvalue weighted by molar-refractivity contribution is 5.26. The van der Waals surface area contributed by atoms with Crippen LogP contribution in [0.2, 0.25) is 0 Å². The van der Waals surface area contributed by atoms with Gasteiger partial charge in [0.2, 0.25) is 0 Å². The Morgan fingerprint density at radius 3 is 2.75 bits per heavy atom. The van der Waals surface area contributed by atoms with Crippen LogP contribution in [0, 0.1) is 6.92 Å². The Morgan fingerprint density at radius 1 is 1.44 bits per heavy atom. The first kappa shape index (κ1) is 12.9. The van der Waals surface area contributed by atoms with Crippen molar-refractivity contribution in [2.24, 2.45) is 5.73 Å². The third kappa shape index (κ3) is 3.79. The first-order chi connectivity index (χ1) is 7.69. The van der Waals surface area contributed by atoms with Crippen molar-refractivity contribution in [1.82, 2.24) is 9.88 Å². The molecule has 0 amide bonds. The SMILES string of the molecule is CCN(CCN)Cc1cc(OC)cc(C)n1. The molecule has 1 aromatic heterocycles. The van der Waals surface area contributed by atoms with Crippen molar-refractivity contribution in [3.05, 3.63) is 23.5 Å². The standard InChI is InChI=1S/C12H21N3O/c1-4-15(6-5-13)9-11-8-12(16-3)7-10(2)14-11/h7-8H,4-6,9,13H2,1-3H3. The Hall–Kier alpha value is -1.13. The van der Waals surface area contributed by atoms with E-state index in [1.54, 1.807) is 7.11 Å². The fourth-order valence-electron chi connectivity index (χ4n) is 1.66. The minimum absolute atomic E-state index is 0.677. The maximum Gasteiger partial charge on any atom is 0.122 e. The van der Waals surface area contributed by atoms with Gasteiger partial charge in [0.25, 0.3) is 0 Å². The van der Waals surface area contributed by atoms with E-state index in [1.807, 2.05) is 19.1 Å². The van der Waals surface area contributed by atoms with E-state index in [1.165, 1.54) is 0 Å². The van der Waals surface area contributed by atoms with Crippen molar-refractivity contribution in [3.8, 4) is 5.75 Å². The van der Waals surface area contributed by atoms with Gasteiger partial charge in [-0.05, 0) is 13.5 Å². The number of ether oxygens (including phenoxy) is 1. The second-order valence-electron chi connectivity index (χ2n) is 3.80. The Balaban J connectivity index is 2.74. The Labute approximate surface area is 97.4 Å². The zero-order valence-electron chi connectivity index (χ0n) is 10.4. The predicted molar refractivity (Wildman–Crippen MR) is 65.5 cm³/mol. The molecular formula is C12H21N3O. The monoisotopic (exact) mass is 223 g/mol. The molecule has 0 bridgehead atoms. The van der Waals surface area contributed by atoms with E-state index in [2.05, 4.69) is 16.8 Å². The lowest BCUT2D eigenvalue weighted by atomic mass is 10.2. The molecule has 1 heterocycles. The third-order valence-corrected chi connectivity index (χ3v) is 2.49. The number of nitrogens with zero attached hydrogens (tertiary/aromatic N) is 2. The summed E-state index contributed by atoms with van der Waals surface area (Å²) in [5.74, 6) is 0.867. The molecule has 0 atom stereocenters. The normalized spacial score (nSPS) is 10.8. The molecule has 0 saturated heterocycles. The smallest absolute Gasteiger partial charge is 0.122 e. The molecule has 90 valence electrons. The number of aromatic nitrogens is 1. The van der Waals surface area contributed by atoms with E-state index >= 15 is 0 Å². The molecule has 0 fully saturated rings. The minimum Gasteiger partial charge on any atom is -0.497 e. The fourth-order valence-corrected chi connectivity index (χ4v) is 1.66. The summed E-state index contributed by atoms with van der Waals surface area (Å²) in [5.41, 5.74) is 7.58. The molecule has 0 saturated carbocycles. The zero-order valence-corrected chi connectivity index (χ0v) is 10.4. The van der Waals surface area contributed by atoms with Gasteiger partial charge in [0, 0.05) is 37.5 Å². The maximum atomic E-state index is 5.56. The summed E-state index contributed by atoms with van der Waals surface area (Å²) in [4.78, 5) is 6.75. The number of pyridine rings is 1. The van der Waals surface area contributed by atoms with Gasteiger partial charge in [-0.1, -0.05) is 6.92 Å². The van der Waals surface area contributed by atoms with Crippen LogP contribution in [0.3, 0.4) is 0 Å². The Morgan fingerprint density at radius 2 is 2.19 bits per heavy atom. The van der Waals surface area contributed by atoms with Crippen LogP contribution in [0.1, 0.15) is 18.3 Å². The number of methoxy groups -OCH3 is 1. The van der Waals surface area contributed by atoms with Gasteiger partial charge in [-0.25, -0.2) is 0 Å². The highest BCUT2D eigenvalue weighted by Gasteiger charge is 2.05. The van der Waals surface area contributed by atoms with E-state index in [0.29, 0.717) is 6.54 Å². The number of hydrogen-bond donors (Lipinski definition) is 1. The summed E-state index contributed by atoms with van der Waals surface area (Å²) in [6.07, 6.45) is 0. The van der Waals surface area contributed by atoms with Crippen molar-refractivity contribution in [1.29, 1.82) is 0 Å². The van der Waals surface area contributed by atoms with Crippen LogP contribution >= 0.6 is 0 Å². The molecule has 0 aliphatic carbocycles. The zero-order chi connectivity index (χ0) is 12.0. The lowest BCUT2D eigenvalue weighted by molar-refractivity contribution is 0.284. The van der Waals surface area contributed by atoms with Crippen molar-refractivity contribution < 1.29 is 4.74 Å². The molecule has 0 aliphatic rings. The lowest BCUT2D eigenvalue weighted by Gasteiger charge is -2.19. The van der Waals surface area contributed by atoms with Crippen LogP contribution in [-0.4, -0.2) is 36.6 Å². The van der Waals surface area contributed by atoms with Gasteiger partial charge in [0.15, 0.2) is 0 Å². The predicted octanol–water partition coefficient (Wildman–Crippen LogP) is 1.18. The van der Waals surface area contributed by atoms with Crippen molar-refractivity contribution >= 4 is 0 Å². The van der Waals surface area contributed by atoms with Crippen molar-refractivity contribution in [2.45, 2.75) is 20.4 Å². The van der Waals surface area contributed by atoms with Crippen LogP contribution in [-0.2, 0) is 6.54 Å². The molecule has 4 heteroatoms. The van der Waals surface area contributed by atoms with Gasteiger partial charge in [-0.3, -0.25) is 9.88 Å². The van der Waals surface area contributed by atoms with Gasteiger partial charge < -0.3 is 10.5 Å². The first-order valence-corrected chi connectivity index (χ1v) is 5.63. The number of nitrogens with two attached hydrogens (primary N) is 1. The quantitative estimate of drug-likeness (QED) is 0.787. The third-order valence-electron chi connectivity index (χ3n) is 2.49. The highest BCUT2D eigenvalue weighted by atomic mass is 16.5. The summed E-state index contributed by atoms with van der Waals surface area (Å²) in [6, 6.07) is 3.91. The summed E-state index contributed by atoms with van der Waals surface area (Å²) >= 11 is 0. The van der Waals surface area contributed by atoms with Gasteiger partial charge in [-0.2, -0.15) is 0 Å². The molecule has 0 aromatic carbocycles. The van der Waals surface area contributed by atoms with Gasteiger partial charge in [0.1, 0.15) is 5.75 Å². The number of likely N-dealkylation sites (N-methyl/N-ethyl adjacent to an activating group) is 1. The summed E-state index contributed by atoms with van der Waals surface area (Å²) in [7, 11) is 1.68. The van der Waals surface area contributed by atoms with Gasteiger partial charge >= 0.3 is 0 Å². The maximum absolute atomic E-state index is 5.56. The van der Waals surface area contributed by atoms with E-state index in [4.69, 9.17) is 10.5 Å². The number of rotatable bonds is 6. The number of aryl methyl sites for hydroxylation is 1. The van der Waals surface area contributed by atoms with Gasteiger partial charge in [0.05, 0.1) is 12.8 Å². The van der Waals surface area contributed by atoms with Gasteiger partial charge in [-0.15, -0.1) is 0 Å². The Kier molecular flexibility index (Phi) is 5.22. The largest absolute Gasteiger partial charge is 0.497 e. The van der Waals surface area contributed by atoms with Crippen LogP contribution < -0.4 is 10.5 Å². The molecule has 0 spiro atoms. The van der Waals surface area contributed by atoms with Crippen LogP contribution in [0.25, 0.3) is 0 Å². The first-order valence-electron chi connectivity index (χ1n) is 5.63. The Bertz CT molecular complexity index is 328. The summed E-state index contributed by atoms with van der Waals surface area (Å²) < 4.78 is 5.23. The van der Waals surface area contributed by atoms with E-state index < -0.39 is 0 Å². The van der Waals surface area contributed by atoms with E-state index in [0.717, 1.165) is 36.8 Å². The summed E-state index contributed by atoms with van der Waals surface area (Å²) in [5, 5.41) is 0. The van der Waals surface area contributed by atoms with Crippen LogP contribution in [0.15, 0.2) is 12.1 Å². The topological polar surface area (TPSA) is 51.4 Å². The van der Waals surface area contributed by atoms with Crippen molar-refractivity contribution in [2.75, 3.05) is 26.7 Å². The molecule has 0 aliphatic heterocycles. The van der Waals surface area contributed by atoms with Crippen molar-refractivity contribution in [3.63, 3.8) is 0 Å². The molecule has 16 heavy (non-hydrogen) atoms. The second kappa shape index (κ2) is 6.45. The highest BCUT2D eigenvalue weighted by Crippen LogP contribution is 2.14. The second-order valence-corrected chi connectivity index (χ2v) is 3.80. The van der Waals surface area contributed by atoms with E-state index in [-0.39, 0.29) is 0 Å². The lowest BCUT2D eigenvalue weighted by Crippen LogP contribution is -2.29. The average Bonchev–Trinajstić information content (AvgIpc) is 2.27. The molecule has 1 aromatic rings. The fraction of sp³-hybridized carbons (Fsp3) is 0.583. The summed E-state index contributed by atoms with van der Waals surface area (Å²) in [6.45, 7) is 7.49. The molecular weight excluding hydrogens is 202 g/mol.